The van der Waals surface area contributed by atoms with Crippen molar-refractivity contribution in [2.75, 3.05) is 6.54 Å². The summed E-state index contributed by atoms with van der Waals surface area (Å²) in [4.78, 5) is 19.1. The Morgan fingerprint density at radius 3 is 3.00 bits per heavy atom. The van der Waals surface area contributed by atoms with E-state index in [-0.39, 0.29) is 5.70 Å². The average molecular weight is 202 g/mol. The number of aromatic nitrogens is 1. The van der Waals surface area contributed by atoms with Crippen molar-refractivity contribution in [3.63, 3.8) is 0 Å². The Kier molecular flexibility index (Phi) is 2.45. The van der Waals surface area contributed by atoms with Gasteiger partial charge >= 0.3 is 0 Å². The second-order valence-corrected chi connectivity index (χ2v) is 3.01. The third kappa shape index (κ3) is 2.01. The zero-order valence-corrected chi connectivity index (χ0v) is 7.97. The molecule has 1 aromatic rings. The molecule has 1 aliphatic rings. The Hall–Kier alpha value is -2.17. The molecule has 3 N–H and O–H groups in total. The lowest BCUT2D eigenvalue weighted by Gasteiger charge is -2.12. The van der Waals surface area contributed by atoms with Gasteiger partial charge in [0, 0.05) is 12.7 Å². The first-order valence-electron chi connectivity index (χ1n) is 4.51. The molecule has 1 aromatic heterocycles. The third-order valence-electron chi connectivity index (χ3n) is 1.96. The second kappa shape index (κ2) is 3.91. The number of carbonyl (C=O) groups is 1. The summed E-state index contributed by atoms with van der Waals surface area (Å²) in [6.07, 6.45) is 3.32. The molecule has 1 aliphatic heterocycles. The standard InChI is InChI=1S/C10H10N4O/c11-9(15)7-4-6-13-10(14-7)8-3-1-2-5-12-8/h1-5H,6H2,(H2,11,15)(H,13,14). The van der Waals surface area contributed by atoms with Crippen molar-refractivity contribution in [1.29, 1.82) is 0 Å². The highest BCUT2D eigenvalue weighted by Crippen LogP contribution is 2.04. The number of nitrogens with one attached hydrogen (secondary N) is 1. The molecule has 5 heteroatoms. The first-order chi connectivity index (χ1) is 7.27. The van der Waals surface area contributed by atoms with Gasteiger partial charge in [0.1, 0.15) is 11.4 Å². The van der Waals surface area contributed by atoms with Crippen LogP contribution >= 0.6 is 0 Å². The number of amidine groups is 1. The second-order valence-electron chi connectivity index (χ2n) is 3.01. The predicted molar refractivity (Wildman–Crippen MR) is 56.1 cm³/mol. The molecular weight excluding hydrogens is 192 g/mol. The van der Waals surface area contributed by atoms with Crippen LogP contribution in [0.5, 0.6) is 0 Å². The molecule has 0 saturated carbocycles. The molecule has 76 valence electrons. The summed E-state index contributed by atoms with van der Waals surface area (Å²) < 4.78 is 0. The van der Waals surface area contributed by atoms with Crippen molar-refractivity contribution >= 4 is 11.7 Å². The van der Waals surface area contributed by atoms with E-state index in [2.05, 4.69) is 15.3 Å². The van der Waals surface area contributed by atoms with Crippen molar-refractivity contribution < 1.29 is 4.79 Å². The number of amides is 1. The highest BCUT2D eigenvalue weighted by Gasteiger charge is 2.12. The Balaban J connectivity index is 2.32. The molecule has 0 aliphatic carbocycles. The van der Waals surface area contributed by atoms with Crippen molar-refractivity contribution in [2.24, 2.45) is 10.7 Å². The van der Waals surface area contributed by atoms with Gasteiger partial charge in [-0.3, -0.25) is 9.78 Å². The molecule has 2 heterocycles. The maximum atomic E-state index is 10.9. The minimum Gasteiger partial charge on any atom is -0.365 e. The SMILES string of the molecule is NC(=O)C1=CCNC(c2ccccn2)=N1. The van der Waals surface area contributed by atoms with Gasteiger partial charge in [0.05, 0.1) is 0 Å². The minimum atomic E-state index is -0.523. The molecule has 0 bridgehead atoms. The van der Waals surface area contributed by atoms with Crippen molar-refractivity contribution in [2.45, 2.75) is 0 Å². The minimum absolute atomic E-state index is 0.273. The summed E-state index contributed by atoms with van der Waals surface area (Å²) in [6, 6.07) is 5.49. The van der Waals surface area contributed by atoms with E-state index in [1.54, 1.807) is 12.3 Å². The fraction of sp³-hybridized carbons (Fsp3) is 0.100. The number of nitrogens with two attached hydrogens (primary N) is 1. The summed E-state index contributed by atoms with van der Waals surface area (Å²) in [5, 5.41) is 3.02. The lowest BCUT2D eigenvalue weighted by atomic mass is 10.2. The highest BCUT2D eigenvalue weighted by atomic mass is 16.1. The van der Waals surface area contributed by atoms with E-state index in [0.717, 1.165) is 0 Å². The quantitative estimate of drug-likeness (QED) is 0.697. The number of rotatable bonds is 2. The topological polar surface area (TPSA) is 80.4 Å². The van der Waals surface area contributed by atoms with E-state index < -0.39 is 5.91 Å². The molecule has 0 radical (unpaired) electrons. The van der Waals surface area contributed by atoms with Crippen LogP contribution in [0.3, 0.4) is 0 Å². The van der Waals surface area contributed by atoms with Gasteiger partial charge in [-0.05, 0) is 18.2 Å². The molecule has 1 amide bonds. The van der Waals surface area contributed by atoms with Gasteiger partial charge in [-0.1, -0.05) is 6.07 Å². The van der Waals surface area contributed by atoms with Gasteiger partial charge in [-0.15, -0.1) is 0 Å². The maximum absolute atomic E-state index is 10.9. The predicted octanol–water partition coefficient (Wildman–Crippen LogP) is -0.199. The summed E-state index contributed by atoms with van der Waals surface area (Å²) in [5.41, 5.74) is 6.12. The molecule has 0 spiro atoms. The van der Waals surface area contributed by atoms with E-state index in [0.29, 0.717) is 18.1 Å². The zero-order valence-electron chi connectivity index (χ0n) is 7.97. The van der Waals surface area contributed by atoms with Gasteiger partial charge < -0.3 is 11.1 Å². The Bertz CT molecular complexity index is 436. The number of carbonyl (C=O) groups excluding carboxylic acids is 1. The summed E-state index contributed by atoms with van der Waals surface area (Å²) in [6.45, 7) is 0.535. The molecule has 0 atom stereocenters. The third-order valence-corrected chi connectivity index (χ3v) is 1.96. The summed E-state index contributed by atoms with van der Waals surface area (Å²) in [7, 11) is 0. The highest BCUT2D eigenvalue weighted by molar-refractivity contribution is 6.03. The summed E-state index contributed by atoms with van der Waals surface area (Å²) in [5.74, 6) is 0.0526. The normalized spacial score (nSPS) is 14.9. The average Bonchev–Trinajstić information content (AvgIpc) is 2.30. The lowest BCUT2D eigenvalue weighted by Crippen LogP contribution is -2.31. The number of aliphatic imine (C=N–C) groups is 1. The molecule has 0 saturated heterocycles. The van der Waals surface area contributed by atoms with Gasteiger partial charge in [0.2, 0.25) is 0 Å². The number of hydrogen-bond acceptors (Lipinski definition) is 4. The monoisotopic (exact) mass is 202 g/mol. The maximum Gasteiger partial charge on any atom is 0.267 e. The van der Waals surface area contributed by atoms with Crippen LogP contribution in [-0.2, 0) is 4.79 Å². The summed E-state index contributed by atoms with van der Waals surface area (Å²) >= 11 is 0. The molecule has 0 unspecified atom stereocenters. The molecule has 15 heavy (non-hydrogen) atoms. The van der Waals surface area contributed by atoms with Crippen LogP contribution in [0.15, 0.2) is 41.2 Å². The van der Waals surface area contributed by atoms with Crippen LogP contribution in [0.1, 0.15) is 5.69 Å². The molecule has 5 nitrogen and oxygen atoms in total. The Morgan fingerprint density at radius 2 is 2.33 bits per heavy atom. The van der Waals surface area contributed by atoms with E-state index in [1.165, 1.54) is 0 Å². The first-order valence-corrected chi connectivity index (χ1v) is 4.51. The fourth-order valence-corrected chi connectivity index (χ4v) is 1.26. The van der Waals surface area contributed by atoms with Crippen LogP contribution in [0.2, 0.25) is 0 Å². The van der Waals surface area contributed by atoms with Crippen molar-refractivity contribution in [1.82, 2.24) is 10.3 Å². The van der Waals surface area contributed by atoms with E-state index in [4.69, 9.17) is 5.73 Å². The van der Waals surface area contributed by atoms with Crippen molar-refractivity contribution in [3.8, 4) is 0 Å². The van der Waals surface area contributed by atoms with E-state index >= 15 is 0 Å². The molecule has 2 rings (SSSR count). The molecule has 0 fully saturated rings. The van der Waals surface area contributed by atoms with E-state index in [1.807, 2.05) is 18.2 Å². The van der Waals surface area contributed by atoms with Crippen LogP contribution in [0.25, 0.3) is 0 Å². The number of nitrogens with zero attached hydrogens (tertiary/aromatic N) is 2. The largest absolute Gasteiger partial charge is 0.365 e. The van der Waals surface area contributed by atoms with Gasteiger partial charge in [0.25, 0.3) is 5.91 Å². The lowest BCUT2D eigenvalue weighted by molar-refractivity contribution is -0.114. The molecule has 0 aromatic carbocycles. The zero-order chi connectivity index (χ0) is 10.7. The Morgan fingerprint density at radius 1 is 1.47 bits per heavy atom. The van der Waals surface area contributed by atoms with Crippen LogP contribution in [-0.4, -0.2) is 23.3 Å². The smallest absolute Gasteiger partial charge is 0.267 e. The van der Waals surface area contributed by atoms with Crippen molar-refractivity contribution in [3.05, 3.63) is 41.9 Å². The number of pyridine rings is 1. The number of primary amides is 1. The van der Waals surface area contributed by atoms with E-state index in [9.17, 15) is 4.79 Å². The fourth-order valence-electron chi connectivity index (χ4n) is 1.26. The number of hydrogen-bond donors (Lipinski definition) is 2. The molecular formula is C10H10N4O. The van der Waals surface area contributed by atoms with Gasteiger partial charge in [0.15, 0.2) is 5.84 Å². The van der Waals surface area contributed by atoms with Gasteiger partial charge in [-0.2, -0.15) is 0 Å². The van der Waals surface area contributed by atoms with Crippen LogP contribution in [0.4, 0.5) is 0 Å². The van der Waals surface area contributed by atoms with Crippen LogP contribution in [0, 0.1) is 0 Å². The first kappa shape index (κ1) is 9.39. The Labute approximate surface area is 86.7 Å². The van der Waals surface area contributed by atoms with Crippen LogP contribution < -0.4 is 11.1 Å². The van der Waals surface area contributed by atoms with Gasteiger partial charge in [-0.25, -0.2) is 4.99 Å².